The SMILES string of the molecule is C[C](CCC#N)C(=O)N(C)c1ccccc1. The Balaban J connectivity index is 2.64. The van der Waals surface area contributed by atoms with Crippen LogP contribution < -0.4 is 4.90 Å². The average Bonchev–Trinajstić information content (AvgIpc) is 2.35. The second kappa shape index (κ2) is 5.92. The first-order valence-electron chi connectivity index (χ1n) is 5.19. The number of amides is 1. The summed E-state index contributed by atoms with van der Waals surface area (Å²) in [6.07, 6.45) is 0.923. The summed E-state index contributed by atoms with van der Waals surface area (Å²) in [6.45, 7) is 1.78. The van der Waals surface area contributed by atoms with Crippen molar-refractivity contribution in [3.63, 3.8) is 0 Å². The van der Waals surface area contributed by atoms with Crippen molar-refractivity contribution >= 4 is 11.6 Å². The highest BCUT2D eigenvalue weighted by Gasteiger charge is 2.18. The Morgan fingerprint density at radius 2 is 2.00 bits per heavy atom. The van der Waals surface area contributed by atoms with Gasteiger partial charge in [-0.15, -0.1) is 0 Å². The van der Waals surface area contributed by atoms with Crippen molar-refractivity contribution in [2.24, 2.45) is 0 Å². The molecule has 0 saturated carbocycles. The lowest BCUT2D eigenvalue weighted by Crippen LogP contribution is -2.30. The Bertz CT molecular complexity index is 381. The molecule has 0 N–H and O–H groups in total. The summed E-state index contributed by atoms with van der Waals surface area (Å²) in [5.74, 6) is 0.689. The second-order valence-corrected chi connectivity index (χ2v) is 3.64. The van der Waals surface area contributed by atoms with E-state index in [0.29, 0.717) is 18.8 Å². The maximum Gasteiger partial charge on any atom is 0.233 e. The minimum atomic E-state index is -0.0264. The fourth-order valence-electron chi connectivity index (χ4n) is 1.41. The van der Waals surface area contributed by atoms with Crippen molar-refractivity contribution in [1.82, 2.24) is 0 Å². The summed E-state index contributed by atoms with van der Waals surface area (Å²) in [5.41, 5.74) is 0.865. The van der Waals surface area contributed by atoms with Crippen LogP contribution in [0.25, 0.3) is 0 Å². The van der Waals surface area contributed by atoms with Crippen LogP contribution in [0.15, 0.2) is 30.3 Å². The quantitative estimate of drug-likeness (QED) is 0.774. The molecular formula is C13H15N2O. The molecule has 0 aromatic heterocycles. The summed E-state index contributed by atoms with van der Waals surface area (Å²) < 4.78 is 0. The van der Waals surface area contributed by atoms with Gasteiger partial charge in [-0.1, -0.05) is 18.2 Å². The summed E-state index contributed by atoms with van der Waals surface area (Å²) in [5, 5.41) is 8.46. The molecule has 3 heteroatoms. The van der Waals surface area contributed by atoms with Crippen LogP contribution in [0.5, 0.6) is 0 Å². The molecule has 0 aliphatic carbocycles. The highest BCUT2D eigenvalue weighted by Crippen LogP contribution is 2.17. The third-order valence-electron chi connectivity index (χ3n) is 2.43. The molecule has 0 aliphatic heterocycles. The maximum absolute atomic E-state index is 11.9. The summed E-state index contributed by atoms with van der Waals surface area (Å²) in [7, 11) is 1.74. The van der Waals surface area contributed by atoms with E-state index in [2.05, 4.69) is 0 Å². The van der Waals surface area contributed by atoms with Gasteiger partial charge in [0.25, 0.3) is 0 Å². The molecule has 0 bridgehead atoms. The molecule has 1 amide bonds. The number of carbonyl (C=O) groups excluding carboxylic acids is 1. The Morgan fingerprint density at radius 3 is 2.56 bits per heavy atom. The minimum absolute atomic E-state index is 0.0264. The molecule has 0 aliphatic rings. The van der Waals surface area contributed by atoms with Crippen LogP contribution in [0.3, 0.4) is 0 Å². The van der Waals surface area contributed by atoms with Gasteiger partial charge in [-0.2, -0.15) is 5.26 Å². The minimum Gasteiger partial charge on any atom is -0.315 e. The van der Waals surface area contributed by atoms with Crippen LogP contribution in [-0.2, 0) is 4.79 Å². The van der Waals surface area contributed by atoms with E-state index in [9.17, 15) is 4.79 Å². The van der Waals surface area contributed by atoms with Crippen LogP contribution in [-0.4, -0.2) is 13.0 Å². The van der Waals surface area contributed by atoms with Gasteiger partial charge >= 0.3 is 0 Å². The number of benzene rings is 1. The number of hydrogen-bond donors (Lipinski definition) is 0. The van der Waals surface area contributed by atoms with E-state index < -0.39 is 0 Å². The van der Waals surface area contributed by atoms with Crippen molar-refractivity contribution in [2.75, 3.05) is 11.9 Å². The Hall–Kier alpha value is -1.82. The number of nitriles is 1. The zero-order valence-electron chi connectivity index (χ0n) is 9.60. The van der Waals surface area contributed by atoms with Gasteiger partial charge in [0.2, 0.25) is 5.91 Å². The summed E-state index contributed by atoms with van der Waals surface area (Å²) in [6, 6.07) is 11.5. The summed E-state index contributed by atoms with van der Waals surface area (Å²) in [4.78, 5) is 13.5. The van der Waals surface area contributed by atoms with Gasteiger partial charge in [0, 0.05) is 19.2 Å². The summed E-state index contributed by atoms with van der Waals surface area (Å²) >= 11 is 0. The third-order valence-corrected chi connectivity index (χ3v) is 2.43. The Morgan fingerprint density at radius 1 is 1.38 bits per heavy atom. The van der Waals surface area contributed by atoms with E-state index in [0.717, 1.165) is 5.69 Å². The molecule has 0 atom stereocenters. The molecule has 0 heterocycles. The van der Waals surface area contributed by atoms with Crippen molar-refractivity contribution < 1.29 is 4.79 Å². The van der Waals surface area contributed by atoms with Crippen molar-refractivity contribution in [3.05, 3.63) is 36.2 Å². The van der Waals surface area contributed by atoms with Crippen molar-refractivity contribution in [2.45, 2.75) is 19.8 Å². The molecule has 1 radical (unpaired) electrons. The number of hydrogen-bond acceptors (Lipinski definition) is 2. The van der Waals surface area contributed by atoms with E-state index in [1.54, 1.807) is 18.9 Å². The monoisotopic (exact) mass is 215 g/mol. The molecule has 1 aromatic carbocycles. The van der Waals surface area contributed by atoms with Crippen molar-refractivity contribution in [3.8, 4) is 6.07 Å². The standard InChI is InChI=1S/C13H15N2O/c1-11(7-6-10-14)13(16)15(2)12-8-4-3-5-9-12/h3-5,8-9H,6-7H2,1-2H3. The van der Waals surface area contributed by atoms with E-state index in [4.69, 9.17) is 5.26 Å². The van der Waals surface area contributed by atoms with Gasteiger partial charge in [0.1, 0.15) is 0 Å². The highest BCUT2D eigenvalue weighted by atomic mass is 16.2. The highest BCUT2D eigenvalue weighted by molar-refractivity contribution is 6.02. The van der Waals surface area contributed by atoms with E-state index in [1.807, 2.05) is 36.4 Å². The lowest BCUT2D eigenvalue weighted by atomic mass is 10.0. The van der Waals surface area contributed by atoms with Gasteiger partial charge in [0.15, 0.2) is 0 Å². The fourth-order valence-corrected chi connectivity index (χ4v) is 1.41. The second-order valence-electron chi connectivity index (χ2n) is 3.64. The fraction of sp³-hybridized carbons (Fsp3) is 0.308. The lowest BCUT2D eigenvalue weighted by molar-refractivity contribution is -0.116. The number of para-hydroxylation sites is 1. The number of nitrogens with zero attached hydrogens (tertiary/aromatic N) is 2. The first-order valence-corrected chi connectivity index (χ1v) is 5.19. The van der Waals surface area contributed by atoms with Crippen LogP contribution >= 0.6 is 0 Å². The molecule has 0 spiro atoms. The van der Waals surface area contributed by atoms with Gasteiger partial charge < -0.3 is 4.90 Å². The Labute approximate surface area is 96.3 Å². The molecular weight excluding hydrogens is 200 g/mol. The van der Waals surface area contributed by atoms with Crippen LogP contribution in [0, 0.1) is 17.2 Å². The molecule has 83 valence electrons. The smallest absolute Gasteiger partial charge is 0.233 e. The molecule has 0 unspecified atom stereocenters. The van der Waals surface area contributed by atoms with Crippen LogP contribution in [0.2, 0.25) is 0 Å². The topological polar surface area (TPSA) is 44.1 Å². The van der Waals surface area contributed by atoms with E-state index >= 15 is 0 Å². The van der Waals surface area contributed by atoms with Gasteiger partial charge in [-0.3, -0.25) is 4.79 Å². The zero-order valence-corrected chi connectivity index (χ0v) is 9.60. The molecule has 3 nitrogen and oxygen atoms in total. The van der Waals surface area contributed by atoms with Crippen LogP contribution in [0.1, 0.15) is 19.8 Å². The molecule has 0 fully saturated rings. The Kier molecular flexibility index (Phi) is 4.53. The molecule has 1 rings (SSSR count). The van der Waals surface area contributed by atoms with Crippen LogP contribution in [0.4, 0.5) is 5.69 Å². The van der Waals surface area contributed by atoms with Gasteiger partial charge in [-0.05, 0) is 25.5 Å². The predicted molar refractivity (Wildman–Crippen MR) is 63.6 cm³/mol. The first-order chi connectivity index (χ1) is 7.66. The number of carbonyl (C=O) groups is 1. The van der Waals surface area contributed by atoms with Gasteiger partial charge in [0.05, 0.1) is 12.0 Å². The lowest BCUT2D eigenvalue weighted by Gasteiger charge is -2.20. The van der Waals surface area contributed by atoms with E-state index in [-0.39, 0.29) is 5.91 Å². The largest absolute Gasteiger partial charge is 0.315 e. The molecule has 0 saturated heterocycles. The molecule has 16 heavy (non-hydrogen) atoms. The van der Waals surface area contributed by atoms with Gasteiger partial charge in [-0.25, -0.2) is 0 Å². The number of anilines is 1. The van der Waals surface area contributed by atoms with Crippen molar-refractivity contribution in [1.29, 1.82) is 5.26 Å². The first kappa shape index (κ1) is 12.3. The molecule has 1 aromatic rings. The normalized spacial score (nSPS) is 9.88. The predicted octanol–water partition coefficient (Wildman–Crippen LogP) is 2.55. The zero-order chi connectivity index (χ0) is 12.0. The average molecular weight is 215 g/mol. The third kappa shape index (κ3) is 3.09. The van der Waals surface area contributed by atoms with E-state index in [1.165, 1.54) is 0 Å². The maximum atomic E-state index is 11.9. The number of rotatable bonds is 4.